The zero-order valence-electron chi connectivity index (χ0n) is 14.2. The van der Waals surface area contributed by atoms with Crippen molar-refractivity contribution < 1.29 is 14.1 Å². The van der Waals surface area contributed by atoms with Crippen LogP contribution in [0.4, 0.5) is 5.69 Å². The lowest BCUT2D eigenvalue weighted by Gasteiger charge is -2.21. The van der Waals surface area contributed by atoms with Crippen LogP contribution in [0, 0.1) is 0 Å². The number of hydrogen-bond donors (Lipinski definition) is 0. The maximum atomic E-state index is 12.7. The molecule has 0 spiro atoms. The third-order valence-electron chi connectivity index (χ3n) is 4.14. The Morgan fingerprint density at radius 3 is 3.04 bits per heavy atom. The molecule has 1 atom stereocenters. The summed E-state index contributed by atoms with van der Waals surface area (Å²) in [6, 6.07) is -0.195. The Labute approximate surface area is 140 Å². The maximum Gasteiger partial charge on any atom is 0.244 e. The number of hydrogen-bond acceptors (Lipinski definition) is 7. The summed E-state index contributed by atoms with van der Waals surface area (Å²) in [7, 11) is 5.37. The first-order valence-electron chi connectivity index (χ1n) is 7.89. The summed E-state index contributed by atoms with van der Waals surface area (Å²) >= 11 is 0. The van der Waals surface area contributed by atoms with E-state index in [0.717, 1.165) is 12.1 Å². The molecule has 0 aromatic carbocycles. The number of nitrogens with zero attached hydrogens (tertiary/aromatic N) is 6. The predicted octanol–water partition coefficient (Wildman–Crippen LogP) is 0.229. The molecule has 1 saturated heterocycles. The van der Waals surface area contributed by atoms with Crippen molar-refractivity contribution in [3.05, 3.63) is 24.1 Å². The molecule has 0 bridgehead atoms. The molecule has 0 aliphatic carbocycles. The van der Waals surface area contributed by atoms with Crippen LogP contribution in [0.2, 0.25) is 0 Å². The highest BCUT2D eigenvalue weighted by atomic mass is 16.5. The highest BCUT2D eigenvalue weighted by molar-refractivity contribution is 5.99. The summed E-state index contributed by atoms with van der Waals surface area (Å²) in [6.07, 6.45) is 4.93. The zero-order chi connectivity index (χ0) is 17.1. The molecule has 1 fully saturated rings. The molecular formula is C15H22N6O3. The van der Waals surface area contributed by atoms with E-state index in [2.05, 4.69) is 15.2 Å². The number of amides is 1. The maximum absolute atomic E-state index is 12.7. The van der Waals surface area contributed by atoms with Gasteiger partial charge in [0.15, 0.2) is 5.82 Å². The lowest BCUT2D eigenvalue weighted by Crippen LogP contribution is -2.39. The minimum absolute atomic E-state index is 0.0737. The quantitative estimate of drug-likeness (QED) is 0.716. The Balaban J connectivity index is 1.60. The van der Waals surface area contributed by atoms with Crippen molar-refractivity contribution in [1.82, 2.24) is 24.8 Å². The third kappa shape index (κ3) is 3.46. The molecule has 1 unspecified atom stereocenters. The summed E-state index contributed by atoms with van der Waals surface area (Å²) in [4.78, 5) is 20.7. The topological polar surface area (TPSA) is 89.5 Å². The third-order valence-corrected chi connectivity index (χ3v) is 4.14. The molecular weight excluding hydrogens is 312 g/mol. The molecule has 9 nitrogen and oxygen atoms in total. The molecule has 130 valence electrons. The van der Waals surface area contributed by atoms with Crippen molar-refractivity contribution in [3.63, 3.8) is 0 Å². The first-order chi connectivity index (χ1) is 11.6. The van der Waals surface area contributed by atoms with E-state index in [1.807, 2.05) is 25.2 Å². The van der Waals surface area contributed by atoms with Gasteiger partial charge in [-0.05, 0) is 13.5 Å². The molecule has 9 heteroatoms. The van der Waals surface area contributed by atoms with Gasteiger partial charge < -0.3 is 14.2 Å². The first-order valence-corrected chi connectivity index (χ1v) is 7.89. The standard InChI is InChI=1S/C15H22N6O3/c1-19(10-14-17-13(18-24-14)5-7-23-3)12-4-6-21(15(12)22)11-8-16-20(2)9-11/h8-9,12H,4-7,10H2,1-3H3. The average Bonchev–Trinajstić information content (AvgIpc) is 3.26. The van der Waals surface area contributed by atoms with E-state index in [-0.39, 0.29) is 11.9 Å². The average molecular weight is 334 g/mol. The molecule has 1 aliphatic rings. The van der Waals surface area contributed by atoms with E-state index in [1.165, 1.54) is 0 Å². The number of carbonyl (C=O) groups is 1. The Hall–Kier alpha value is -2.26. The van der Waals surface area contributed by atoms with Gasteiger partial charge in [0.2, 0.25) is 11.8 Å². The van der Waals surface area contributed by atoms with Crippen LogP contribution in [0.1, 0.15) is 18.1 Å². The van der Waals surface area contributed by atoms with Crippen LogP contribution < -0.4 is 4.90 Å². The van der Waals surface area contributed by atoms with E-state index >= 15 is 0 Å². The molecule has 0 N–H and O–H groups in total. The number of aromatic nitrogens is 4. The molecule has 1 amide bonds. The first kappa shape index (κ1) is 16.6. The smallest absolute Gasteiger partial charge is 0.244 e. The van der Waals surface area contributed by atoms with E-state index in [1.54, 1.807) is 22.9 Å². The Morgan fingerprint density at radius 1 is 1.50 bits per heavy atom. The van der Waals surface area contributed by atoms with Gasteiger partial charge in [-0.15, -0.1) is 0 Å². The summed E-state index contributed by atoms with van der Waals surface area (Å²) in [5, 5.41) is 8.04. The molecule has 3 heterocycles. The van der Waals surface area contributed by atoms with Crippen LogP contribution >= 0.6 is 0 Å². The fourth-order valence-corrected chi connectivity index (χ4v) is 2.85. The van der Waals surface area contributed by atoms with Gasteiger partial charge >= 0.3 is 0 Å². The van der Waals surface area contributed by atoms with Crippen molar-refractivity contribution in [2.75, 3.05) is 32.2 Å². The highest BCUT2D eigenvalue weighted by Crippen LogP contribution is 2.24. The Kier molecular flexibility index (Phi) is 4.91. The van der Waals surface area contributed by atoms with Gasteiger partial charge in [0.25, 0.3) is 0 Å². The molecule has 1 aliphatic heterocycles. The molecule has 2 aromatic rings. The normalized spacial score (nSPS) is 18.1. The van der Waals surface area contributed by atoms with E-state index in [0.29, 0.717) is 37.8 Å². The number of ether oxygens (including phenoxy) is 1. The minimum Gasteiger partial charge on any atom is -0.384 e. The highest BCUT2D eigenvalue weighted by Gasteiger charge is 2.36. The van der Waals surface area contributed by atoms with Crippen molar-refractivity contribution >= 4 is 11.6 Å². The van der Waals surface area contributed by atoms with Gasteiger partial charge in [0.1, 0.15) is 0 Å². The fourth-order valence-electron chi connectivity index (χ4n) is 2.85. The van der Waals surface area contributed by atoms with E-state index in [4.69, 9.17) is 9.26 Å². The zero-order valence-corrected chi connectivity index (χ0v) is 14.2. The summed E-state index contributed by atoms with van der Waals surface area (Å²) in [6.45, 7) is 1.68. The van der Waals surface area contributed by atoms with Crippen molar-refractivity contribution in [2.24, 2.45) is 7.05 Å². The van der Waals surface area contributed by atoms with Crippen molar-refractivity contribution in [1.29, 1.82) is 0 Å². The molecule has 24 heavy (non-hydrogen) atoms. The lowest BCUT2D eigenvalue weighted by molar-refractivity contribution is -0.121. The monoisotopic (exact) mass is 334 g/mol. The SMILES string of the molecule is COCCc1noc(CN(C)C2CCN(c3cnn(C)c3)C2=O)n1. The van der Waals surface area contributed by atoms with E-state index in [9.17, 15) is 4.79 Å². The number of methoxy groups -OCH3 is 1. The molecule has 0 radical (unpaired) electrons. The lowest BCUT2D eigenvalue weighted by atomic mass is 10.2. The van der Waals surface area contributed by atoms with Gasteiger partial charge in [-0.1, -0.05) is 5.16 Å². The van der Waals surface area contributed by atoms with Crippen molar-refractivity contribution in [2.45, 2.75) is 25.4 Å². The number of rotatable bonds is 7. The van der Waals surface area contributed by atoms with Gasteiger partial charge in [-0.3, -0.25) is 14.4 Å². The predicted molar refractivity (Wildman–Crippen MR) is 85.3 cm³/mol. The van der Waals surface area contributed by atoms with Crippen LogP contribution in [0.5, 0.6) is 0 Å². The van der Waals surface area contributed by atoms with Gasteiger partial charge in [-0.25, -0.2) is 0 Å². The summed E-state index contributed by atoms with van der Waals surface area (Å²) in [5.41, 5.74) is 0.832. The minimum atomic E-state index is -0.195. The molecule has 3 rings (SSSR count). The number of likely N-dealkylation sites (N-methyl/N-ethyl adjacent to an activating group) is 1. The van der Waals surface area contributed by atoms with Gasteiger partial charge in [-0.2, -0.15) is 10.1 Å². The van der Waals surface area contributed by atoms with Crippen LogP contribution in [0.15, 0.2) is 16.9 Å². The van der Waals surface area contributed by atoms with Crippen molar-refractivity contribution in [3.8, 4) is 0 Å². The largest absolute Gasteiger partial charge is 0.384 e. The van der Waals surface area contributed by atoms with E-state index < -0.39 is 0 Å². The summed E-state index contributed by atoms with van der Waals surface area (Å²) in [5.74, 6) is 1.20. The molecule has 2 aromatic heterocycles. The van der Waals surface area contributed by atoms with Crippen LogP contribution in [-0.2, 0) is 29.5 Å². The van der Waals surface area contributed by atoms with Crippen LogP contribution in [0.3, 0.4) is 0 Å². The second-order valence-electron chi connectivity index (χ2n) is 5.93. The van der Waals surface area contributed by atoms with Crippen LogP contribution in [0.25, 0.3) is 0 Å². The summed E-state index contributed by atoms with van der Waals surface area (Å²) < 4.78 is 11.9. The van der Waals surface area contributed by atoms with Gasteiger partial charge in [0.05, 0.1) is 31.1 Å². The second kappa shape index (κ2) is 7.10. The Morgan fingerprint density at radius 2 is 2.33 bits per heavy atom. The molecule has 0 saturated carbocycles. The number of anilines is 1. The van der Waals surface area contributed by atoms with Gasteiger partial charge in [0, 0.05) is 33.3 Å². The van der Waals surface area contributed by atoms with Crippen LogP contribution in [-0.4, -0.2) is 64.1 Å². The number of aryl methyl sites for hydroxylation is 1. The number of carbonyl (C=O) groups excluding carboxylic acids is 1. The second-order valence-corrected chi connectivity index (χ2v) is 5.93. The Bertz CT molecular complexity index is 697. The fraction of sp³-hybridized carbons (Fsp3) is 0.600.